The molecular formula is C135H87N15. The van der Waals surface area contributed by atoms with Gasteiger partial charge in [0, 0.05) is 115 Å². The number of fused-ring (bicyclic) bond motifs is 21. The van der Waals surface area contributed by atoms with Crippen LogP contribution in [0.2, 0.25) is 0 Å². The molecule has 0 unspecified atom stereocenters. The van der Waals surface area contributed by atoms with Gasteiger partial charge in [-0.3, -0.25) is 13.7 Å². The zero-order chi connectivity index (χ0) is 112. The first-order valence-corrected chi connectivity index (χ1v) is 49.2. The molecule has 0 fully saturated rings. The summed E-state index contributed by atoms with van der Waals surface area (Å²) >= 11 is 0. The fourth-order valence-electron chi connectivity index (χ4n) is 21.4. The average molecular weight is 1930 g/mol. The third-order valence-electron chi connectivity index (χ3n) is 27.8. The predicted molar refractivity (Wildman–Crippen MR) is 614 cm³/mol. The van der Waals surface area contributed by atoms with Gasteiger partial charge >= 0.3 is 0 Å². The molecule has 0 aliphatic rings. The van der Waals surface area contributed by atoms with Gasteiger partial charge in [-0.15, -0.1) is 0 Å². The summed E-state index contributed by atoms with van der Waals surface area (Å²) in [4.78, 5) is 44.0. The van der Waals surface area contributed by atoms with E-state index in [0.717, 1.165) is 181 Å². The van der Waals surface area contributed by atoms with Crippen molar-refractivity contribution in [3.63, 3.8) is 0 Å². The number of rotatable bonds is 15. The molecular weight excluding hydrogens is 1830 g/mol. The Bertz CT molecular complexity index is 11400. The lowest BCUT2D eigenvalue weighted by molar-refractivity contribution is 0.953. The number of hydrogen-bond acceptors (Lipinski definition) is 9. The summed E-state index contributed by atoms with van der Waals surface area (Å²) in [6.45, 7) is 0. The van der Waals surface area contributed by atoms with Crippen LogP contribution >= 0.6 is 0 Å². The van der Waals surface area contributed by atoms with E-state index in [1.54, 1.807) is 0 Å². The third-order valence-corrected chi connectivity index (χ3v) is 27.8. The van der Waals surface area contributed by atoms with Gasteiger partial charge in [0.1, 0.15) is 0 Å². The van der Waals surface area contributed by atoms with Crippen LogP contribution < -0.4 is 0 Å². The van der Waals surface area contributed by atoms with Gasteiger partial charge in [0.2, 0.25) is 17.8 Å². The number of para-hydroxylation sites is 7. The number of aromatic nitrogens is 15. The van der Waals surface area contributed by atoms with Gasteiger partial charge < -0.3 is 13.7 Å². The molecule has 0 spiro atoms. The highest BCUT2D eigenvalue weighted by Crippen LogP contribution is 2.49. The molecule has 15 heteroatoms. The largest absolute Gasteiger partial charge is 0.309 e. The van der Waals surface area contributed by atoms with E-state index in [2.05, 4.69) is 275 Å². The molecule has 0 saturated carbocycles. The Labute approximate surface area is 882 Å². The van der Waals surface area contributed by atoms with Crippen molar-refractivity contribution in [3.8, 4) is 137 Å². The Balaban J connectivity index is 0.000000116. The minimum atomic E-state index is -0.479. The van der Waals surface area contributed by atoms with Crippen LogP contribution in [0.25, 0.3) is 267 Å². The Hall–Kier alpha value is -20.5. The van der Waals surface area contributed by atoms with E-state index < -0.39 is 54.4 Å². The highest BCUT2D eigenvalue weighted by Gasteiger charge is 2.30. The lowest BCUT2D eigenvalue weighted by Crippen LogP contribution is -2.06. The van der Waals surface area contributed by atoms with Crippen LogP contribution in [0.15, 0.2) is 527 Å². The summed E-state index contributed by atoms with van der Waals surface area (Å²) in [5.41, 5.74) is 23.2. The Morgan fingerprint density at radius 3 is 0.840 bits per heavy atom. The molecule has 0 bridgehead atoms. The average Bonchev–Trinajstić information content (AvgIpc) is 1.55. The van der Waals surface area contributed by atoms with Crippen LogP contribution in [0.4, 0.5) is 0 Å². The summed E-state index contributed by atoms with van der Waals surface area (Å²) in [5.74, 6) is 1.69. The standard InChI is InChI=1S/3C45H29N5/c1-4-16-30(17-5-1)33-22-10-13-25-36(33)49-37-26-14-11-23-34(37)41-39(49)28-29-40-42(41)35-24-12-15-27-38(35)50(40)45-47-43(31-18-6-2-7-19-31)46-44(48-45)32-20-8-3-9-21-32;1-4-15-30(16-5-1)33-21-14-22-34(29-33)49-37-25-12-10-23-35(37)41-39(49)27-28-40-42(41)36-24-11-13-26-38(36)50(40)45-47-43(31-17-6-2-7-18-31)46-44(48-45)32-19-8-3-9-20-32;1-4-14-30(15-5-1)31-24-26-34(27-25-31)49-38-22-12-10-20-35(38)36-28-29-40-41(42(36)49)37-21-11-13-23-39(37)50(40)45-47-43(32-16-6-2-7-17-32)46-44(48-45)33-18-8-3-9-19-33/h3*1-29H/i2D,6D,7D,18D,19D;2D,6D,7D,17D,18D;2D,6D,7D,16D,17D. The predicted octanol–water partition coefficient (Wildman–Crippen LogP) is 33.2. The second-order valence-electron chi connectivity index (χ2n) is 36.3. The van der Waals surface area contributed by atoms with Gasteiger partial charge in [0.05, 0.1) is 92.4 Å². The van der Waals surface area contributed by atoms with Crippen LogP contribution in [0.1, 0.15) is 20.6 Å². The van der Waals surface area contributed by atoms with Crippen molar-refractivity contribution in [2.24, 2.45) is 0 Å². The molecule has 0 aliphatic heterocycles. The van der Waals surface area contributed by atoms with Crippen LogP contribution in [0, 0.1) is 0 Å². The second-order valence-corrected chi connectivity index (χ2v) is 36.3. The summed E-state index contributed by atoms with van der Waals surface area (Å²) in [5, 5.41) is 12.6. The maximum atomic E-state index is 8.78. The third kappa shape index (κ3) is 15.1. The normalized spacial score (nSPS) is 13.0. The minimum absolute atomic E-state index is 0.0113. The number of nitrogens with zero attached hydrogens (tertiary/aromatic N) is 15. The van der Waals surface area contributed by atoms with E-state index in [4.69, 9.17) is 65.4 Å². The first-order valence-electron chi connectivity index (χ1n) is 56.7. The Morgan fingerprint density at radius 1 is 0.153 bits per heavy atom. The molecule has 0 N–H and O–H groups in total. The first kappa shape index (κ1) is 72.7. The van der Waals surface area contributed by atoms with E-state index >= 15 is 0 Å². The second kappa shape index (κ2) is 37.0. The van der Waals surface area contributed by atoms with Crippen LogP contribution in [-0.4, -0.2) is 72.3 Å². The van der Waals surface area contributed by atoms with Crippen molar-refractivity contribution in [2.45, 2.75) is 0 Å². The SMILES string of the molecule is [2H]c1c([2H])c([2H])c(-c2nc(-c3ccccc3)nc(-n3c4ccccc4c4c3ccc3c5ccccc5n(-c5ccc(-c6ccccc6)cc5)c34)n2)c([2H])c1[2H].[2H]c1c([2H])c([2H])c(-c2nc(-c3ccccc3)nc(-n3c4ccccc4c4c5c6ccccc6n(-c6cccc(-c7ccccc7)c6)c5ccc43)n2)c([2H])c1[2H].[2H]c1c([2H])c([2H])c(-c2nc(-c3ccccc3)nc(-n3c4ccccc4c4c5c6ccccc6n(-c6ccccc6-c6ccccc6)c5ccc43)n2)c([2H])c1[2H]. The van der Waals surface area contributed by atoms with Crippen molar-refractivity contribution in [1.29, 1.82) is 0 Å². The summed E-state index contributed by atoms with van der Waals surface area (Å²) in [7, 11) is 0. The van der Waals surface area contributed by atoms with E-state index in [1.165, 1.54) is 0 Å². The number of benzene rings is 21. The lowest BCUT2D eigenvalue weighted by Gasteiger charge is -2.14. The first-order chi connectivity index (χ1) is 80.7. The maximum absolute atomic E-state index is 8.78. The van der Waals surface area contributed by atoms with Gasteiger partial charge in [-0.05, 0) is 125 Å². The quantitative estimate of drug-likeness (QED) is 0.0979. The smallest absolute Gasteiger partial charge is 0.238 e. The van der Waals surface area contributed by atoms with Crippen molar-refractivity contribution in [2.75, 3.05) is 0 Å². The van der Waals surface area contributed by atoms with Gasteiger partial charge in [-0.2, -0.15) is 29.9 Å². The molecule has 0 radical (unpaired) electrons. The van der Waals surface area contributed by atoms with Gasteiger partial charge in [-0.25, -0.2) is 15.0 Å². The van der Waals surface area contributed by atoms with Crippen LogP contribution in [0.5, 0.6) is 0 Å². The van der Waals surface area contributed by atoms with Crippen LogP contribution in [-0.2, 0) is 0 Å². The van der Waals surface area contributed by atoms with E-state index in [-0.39, 0.29) is 88.3 Å². The summed E-state index contributed by atoms with van der Waals surface area (Å²) in [6, 6.07) is 141. The molecule has 9 heterocycles. The van der Waals surface area contributed by atoms with Gasteiger partial charge in [0.25, 0.3) is 0 Å². The molecule has 9 aromatic heterocycles. The zero-order valence-corrected chi connectivity index (χ0v) is 79.8. The Morgan fingerprint density at radius 2 is 0.433 bits per heavy atom. The molecule has 702 valence electrons. The van der Waals surface area contributed by atoms with Crippen molar-refractivity contribution in [3.05, 3.63) is 527 Å². The highest BCUT2D eigenvalue weighted by molar-refractivity contribution is 6.31. The summed E-state index contributed by atoms with van der Waals surface area (Å²) < 4.78 is 141. The highest BCUT2D eigenvalue weighted by atomic mass is 15.2. The van der Waals surface area contributed by atoms with Crippen molar-refractivity contribution in [1.82, 2.24) is 72.3 Å². The fraction of sp³-hybridized carbons (Fsp3) is 0. The molecule has 21 aromatic carbocycles. The van der Waals surface area contributed by atoms with E-state index in [1.807, 2.05) is 190 Å². The monoisotopic (exact) mass is 1930 g/mol. The van der Waals surface area contributed by atoms with Crippen molar-refractivity contribution >= 4 is 131 Å². The zero-order valence-electron chi connectivity index (χ0n) is 94.8. The fourth-order valence-corrected chi connectivity index (χ4v) is 21.4. The molecule has 0 saturated heterocycles. The molecule has 150 heavy (non-hydrogen) atoms. The van der Waals surface area contributed by atoms with Gasteiger partial charge in [0.15, 0.2) is 34.9 Å². The summed E-state index contributed by atoms with van der Waals surface area (Å²) in [6.07, 6.45) is 0. The minimum Gasteiger partial charge on any atom is -0.309 e. The molecule has 30 aromatic rings. The Kier molecular flexibility index (Phi) is 17.9. The lowest BCUT2D eigenvalue weighted by atomic mass is 10.0. The molecule has 30 rings (SSSR count). The van der Waals surface area contributed by atoms with Crippen molar-refractivity contribution < 1.29 is 20.6 Å². The van der Waals surface area contributed by atoms with Gasteiger partial charge in [-0.1, -0.05) is 430 Å². The van der Waals surface area contributed by atoms with E-state index in [9.17, 15) is 0 Å². The molecule has 0 aliphatic carbocycles. The molecule has 15 nitrogen and oxygen atoms in total. The maximum Gasteiger partial charge on any atom is 0.238 e. The molecule has 0 amide bonds. The number of hydrogen-bond donors (Lipinski definition) is 0. The van der Waals surface area contributed by atoms with Crippen LogP contribution in [0.3, 0.4) is 0 Å². The topological polar surface area (TPSA) is 146 Å². The molecule has 0 atom stereocenters. The van der Waals surface area contributed by atoms with E-state index in [0.29, 0.717) is 34.2 Å².